The van der Waals surface area contributed by atoms with Crippen molar-refractivity contribution in [1.29, 1.82) is 0 Å². The zero-order valence-electron chi connectivity index (χ0n) is 16.5. The van der Waals surface area contributed by atoms with Gasteiger partial charge in [-0.3, -0.25) is 9.59 Å². The van der Waals surface area contributed by atoms with E-state index in [-0.39, 0.29) is 17.1 Å². The summed E-state index contributed by atoms with van der Waals surface area (Å²) < 4.78 is 11.4. The van der Waals surface area contributed by atoms with E-state index in [9.17, 15) is 9.59 Å². The SMILES string of the molecule is CCCN1C(=O)c2oc3cc(C)cc(C)c3c(=O)c2C1c1cccc(OC)c1. The van der Waals surface area contributed by atoms with Crippen molar-refractivity contribution in [1.82, 2.24) is 4.90 Å². The number of aryl methyl sites for hydroxylation is 2. The first-order valence-corrected chi connectivity index (χ1v) is 9.49. The van der Waals surface area contributed by atoms with Gasteiger partial charge in [0.1, 0.15) is 11.3 Å². The number of fused-ring (bicyclic) bond motifs is 2. The molecule has 0 saturated carbocycles. The first-order valence-electron chi connectivity index (χ1n) is 9.49. The van der Waals surface area contributed by atoms with Crippen LogP contribution in [0, 0.1) is 13.8 Å². The topological polar surface area (TPSA) is 59.8 Å². The van der Waals surface area contributed by atoms with E-state index in [0.29, 0.717) is 28.8 Å². The van der Waals surface area contributed by atoms with Crippen LogP contribution in [0.25, 0.3) is 11.0 Å². The monoisotopic (exact) mass is 377 g/mol. The maximum Gasteiger partial charge on any atom is 0.290 e. The Morgan fingerprint density at radius 1 is 1.14 bits per heavy atom. The summed E-state index contributed by atoms with van der Waals surface area (Å²) in [6, 6.07) is 10.8. The van der Waals surface area contributed by atoms with Crippen molar-refractivity contribution >= 4 is 16.9 Å². The van der Waals surface area contributed by atoms with Crippen LogP contribution in [0.3, 0.4) is 0 Å². The van der Waals surface area contributed by atoms with Gasteiger partial charge in [0.25, 0.3) is 5.91 Å². The number of hydrogen-bond donors (Lipinski definition) is 0. The number of amides is 1. The second kappa shape index (κ2) is 6.82. The van der Waals surface area contributed by atoms with Gasteiger partial charge >= 0.3 is 0 Å². The van der Waals surface area contributed by atoms with Gasteiger partial charge in [-0.1, -0.05) is 25.1 Å². The number of benzene rings is 2. The van der Waals surface area contributed by atoms with Gasteiger partial charge in [-0.05, 0) is 55.2 Å². The van der Waals surface area contributed by atoms with Gasteiger partial charge in [-0.2, -0.15) is 0 Å². The molecule has 0 bridgehead atoms. The Kier molecular flexibility index (Phi) is 4.46. The molecule has 1 aliphatic rings. The van der Waals surface area contributed by atoms with Gasteiger partial charge in [-0.15, -0.1) is 0 Å². The molecule has 28 heavy (non-hydrogen) atoms. The third kappa shape index (κ3) is 2.70. The Labute approximate surface area is 163 Å². The number of carbonyl (C=O) groups is 1. The van der Waals surface area contributed by atoms with Crippen molar-refractivity contribution in [2.45, 2.75) is 33.2 Å². The highest BCUT2D eigenvalue weighted by Crippen LogP contribution is 2.39. The van der Waals surface area contributed by atoms with E-state index < -0.39 is 6.04 Å². The Morgan fingerprint density at radius 3 is 2.64 bits per heavy atom. The minimum atomic E-state index is -0.473. The Morgan fingerprint density at radius 2 is 1.93 bits per heavy atom. The molecule has 0 aliphatic carbocycles. The Bertz CT molecular complexity index is 1150. The molecule has 0 saturated heterocycles. The van der Waals surface area contributed by atoms with Crippen LogP contribution < -0.4 is 10.2 Å². The molecule has 1 unspecified atom stereocenters. The number of carbonyl (C=O) groups excluding carboxylic acids is 1. The lowest BCUT2D eigenvalue weighted by Gasteiger charge is -2.24. The fraction of sp³-hybridized carbons (Fsp3) is 0.304. The molecule has 5 nitrogen and oxygen atoms in total. The zero-order valence-corrected chi connectivity index (χ0v) is 16.5. The highest BCUT2D eigenvalue weighted by Gasteiger charge is 2.42. The minimum Gasteiger partial charge on any atom is -0.497 e. The van der Waals surface area contributed by atoms with Crippen molar-refractivity contribution in [3.8, 4) is 5.75 Å². The smallest absolute Gasteiger partial charge is 0.290 e. The molecule has 0 radical (unpaired) electrons. The van der Waals surface area contributed by atoms with Gasteiger partial charge in [0, 0.05) is 6.54 Å². The number of hydrogen-bond acceptors (Lipinski definition) is 4. The first-order chi connectivity index (χ1) is 13.5. The van der Waals surface area contributed by atoms with E-state index in [1.165, 1.54) is 0 Å². The summed E-state index contributed by atoms with van der Waals surface area (Å²) in [5.74, 6) is 0.610. The summed E-state index contributed by atoms with van der Waals surface area (Å²) in [5, 5.41) is 0.545. The molecule has 3 aromatic rings. The molecule has 4 rings (SSSR count). The van der Waals surface area contributed by atoms with Crippen molar-refractivity contribution in [3.63, 3.8) is 0 Å². The molecule has 1 aromatic heterocycles. The predicted octanol–water partition coefficient (Wildman–Crippen LogP) is 4.37. The lowest BCUT2D eigenvalue weighted by Crippen LogP contribution is -2.30. The van der Waals surface area contributed by atoms with Crippen LogP contribution in [0.2, 0.25) is 0 Å². The van der Waals surface area contributed by atoms with E-state index in [2.05, 4.69) is 0 Å². The molecule has 1 atom stereocenters. The van der Waals surface area contributed by atoms with E-state index in [0.717, 1.165) is 23.1 Å². The molecular formula is C23H23NO4. The van der Waals surface area contributed by atoms with Crippen molar-refractivity contribution in [3.05, 3.63) is 74.6 Å². The van der Waals surface area contributed by atoms with Gasteiger partial charge in [-0.25, -0.2) is 0 Å². The average molecular weight is 377 g/mol. The second-order valence-corrected chi connectivity index (χ2v) is 7.31. The number of rotatable bonds is 4. The fourth-order valence-electron chi connectivity index (χ4n) is 4.14. The van der Waals surface area contributed by atoms with E-state index >= 15 is 0 Å². The van der Waals surface area contributed by atoms with Gasteiger partial charge in [0.05, 0.1) is 24.1 Å². The molecule has 5 heteroatoms. The first kappa shape index (κ1) is 18.3. The third-order valence-electron chi connectivity index (χ3n) is 5.29. The summed E-state index contributed by atoms with van der Waals surface area (Å²) in [7, 11) is 1.60. The van der Waals surface area contributed by atoms with E-state index in [1.807, 2.05) is 57.2 Å². The van der Waals surface area contributed by atoms with Crippen LogP contribution in [-0.2, 0) is 0 Å². The molecule has 144 valence electrons. The second-order valence-electron chi connectivity index (χ2n) is 7.31. The summed E-state index contributed by atoms with van der Waals surface area (Å²) in [5.41, 5.74) is 3.46. The average Bonchev–Trinajstić information content (AvgIpc) is 2.94. The molecule has 1 aliphatic heterocycles. The quantitative estimate of drug-likeness (QED) is 0.677. The largest absolute Gasteiger partial charge is 0.497 e. The van der Waals surface area contributed by atoms with Crippen molar-refractivity contribution in [2.75, 3.05) is 13.7 Å². The predicted molar refractivity (Wildman–Crippen MR) is 108 cm³/mol. The highest BCUT2D eigenvalue weighted by molar-refractivity contribution is 5.99. The maximum atomic E-state index is 13.5. The fourth-order valence-corrected chi connectivity index (χ4v) is 4.14. The van der Waals surface area contributed by atoms with Gasteiger partial charge in [0.15, 0.2) is 5.43 Å². The Hall–Kier alpha value is -3.08. The van der Waals surface area contributed by atoms with E-state index in [1.54, 1.807) is 12.0 Å². The highest BCUT2D eigenvalue weighted by atomic mass is 16.5. The Balaban J connectivity index is 2.03. The van der Waals surface area contributed by atoms with Crippen molar-refractivity contribution in [2.24, 2.45) is 0 Å². The van der Waals surface area contributed by atoms with Crippen LogP contribution in [0.4, 0.5) is 0 Å². The summed E-state index contributed by atoms with van der Waals surface area (Å²) in [4.78, 5) is 28.4. The summed E-state index contributed by atoms with van der Waals surface area (Å²) in [6.45, 7) is 6.40. The maximum absolute atomic E-state index is 13.5. The number of methoxy groups -OCH3 is 1. The van der Waals surface area contributed by atoms with Crippen LogP contribution in [-0.4, -0.2) is 24.5 Å². The number of nitrogens with zero attached hydrogens (tertiary/aromatic N) is 1. The molecule has 0 fully saturated rings. The molecule has 0 spiro atoms. The lowest BCUT2D eigenvalue weighted by molar-refractivity contribution is 0.0728. The third-order valence-corrected chi connectivity index (χ3v) is 5.29. The van der Waals surface area contributed by atoms with Gasteiger partial charge in [0.2, 0.25) is 5.76 Å². The van der Waals surface area contributed by atoms with Crippen LogP contribution >= 0.6 is 0 Å². The zero-order chi connectivity index (χ0) is 20.0. The molecular weight excluding hydrogens is 354 g/mol. The molecule has 2 heterocycles. The van der Waals surface area contributed by atoms with E-state index in [4.69, 9.17) is 9.15 Å². The molecule has 1 amide bonds. The normalized spacial score (nSPS) is 15.9. The number of ether oxygens (including phenoxy) is 1. The molecule has 0 N–H and O–H groups in total. The van der Waals surface area contributed by atoms with Crippen molar-refractivity contribution < 1.29 is 13.9 Å². The van der Waals surface area contributed by atoms with Gasteiger partial charge < -0.3 is 14.1 Å². The minimum absolute atomic E-state index is 0.131. The van der Waals surface area contributed by atoms with Crippen LogP contribution in [0.5, 0.6) is 5.75 Å². The lowest BCUT2D eigenvalue weighted by atomic mass is 9.96. The summed E-state index contributed by atoms with van der Waals surface area (Å²) in [6.07, 6.45) is 0.784. The van der Waals surface area contributed by atoms with Crippen LogP contribution in [0.1, 0.15) is 52.2 Å². The standard InChI is InChI=1S/C23H23NO4/c1-5-9-24-20(15-7-6-8-16(12-15)27-4)19-21(25)18-14(3)10-13(2)11-17(18)28-22(19)23(24)26/h6-8,10-12,20H,5,9H2,1-4H3. The molecule has 2 aromatic carbocycles. The van der Waals surface area contributed by atoms with Crippen LogP contribution in [0.15, 0.2) is 45.6 Å². The summed E-state index contributed by atoms with van der Waals surface area (Å²) >= 11 is 0.